The van der Waals surface area contributed by atoms with E-state index >= 15 is 0 Å². The van der Waals surface area contributed by atoms with Gasteiger partial charge < -0.3 is 0 Å². The lowest BCUT2D eigenvalue weighted by Crippen LogP contribution is -2.07. The van der Waals surface area contributed by atoms with E-state index in [0.717, 1.165) is 22.0 Å². The highest BCUT2D eigenvalue weighted by Gasteiger charge is 2.06. The third kappa shape index (κ3) is 4.09. The minimum Gasteiger partial charge on any atom is -0.297 e. The maximum atomic E-state index is 12.9. The lowest BCUT2D eigenvalue weighted by Gasteiger charge is -1.95. The van der Waals surface area contributed by atoms with Crippen molar-refractivity contribution in [3.63, 3.8) is 0 Å². The third-order valence-electron chi connectivity index (χ3n) is 3.02. The highest BCUT2D eigenvalue weighted by atomic mass is 32.1. The first-order valence-electron chi connectivity index (χ1n) is 7.17. The van der Waals surface area contributed by atoms with Gasteiger partial charge in [0.2, 0.25) is 11.0 Å². The number of nitrogens with one attached hydrogen (secondary N) is 1. The molecule has 1 aromatic carbocycles. The Labute approximate surface area is 145 Å². The number of amides is 1. The Balaban J connectivity index is 1.64. The monoisotopic (exact) mass is 360 g/mol. The van der Waals surface area contributed by atoms with Crippen LogP contribution in [0.4, 0.5) is 9.52 Å². The van der Waals surface area contributed by atoms with E-state index in [9.17, 15) is 9.18 Å². The summed E-state index contributed by atoms with van der Waals surface area (Å²) < 4.78 is 12.9. The average Bonchev–Trinajstić information content (AvgIpc) is 3.23. The van der Waals surface area contributed by atoms with Crippen molar-refractivity contribution in [2.45, 2.75) is 13.3 Å². The number of carbonyl (C=O) groups excluding carboxylic acids is 1. The Morgan fingerprint density at radius 3 is 2.79 bits per heavy atom. The lowest BCUT2D eigenvalue weighted by molar-refractivity contribution is -0.111. The van der Waals surface area contributed by atoms with Gasteiger partial charge in [-0.25, -0.2) is 9.37 Å². The Bertz CT molecular complexity index is 870. The summed E-state index contributed by atoms with van der Waals surface area (Å²) in [6.07, 6.45) is 3.81. The van der Waals surface area contributed by atoms with Crippen LogP contribution in [0.3, 0.4) is 0 Å². The molecule has 0 saturated heterocycles. The Morgan fingerprint density at radius 1 is 1.29 bits per heavy atom. The highest BCUT2D eigenvalue weighted by Crippen LogP contribution is 2.24. The Morgan fingerprint density at radius 2 is 2.08 bits per heavy atom. The van der Waals surface area contributed by atoms with Crippen molar-refractivity contribution >= 4 is 39.8 Å². The van der Waals surface area contributed by atoms with Crippen molar-refractivity contribution < 1.29 is 9.18 Å². The molecule has 3 aromatic rings. The van der Waals surface area contributed by atoms with E-state index < -0.39 is 0 Å². The van der Waals surface area contributed by atoms with Crippen molar-refractivity contribution in [2.24, 2.45) is 0 Å². The fourth-order valence-electron chi connectivity index (χ4n) is 1.84. The van der Waals surface area contributed by atoms with Crippen LogP contribution in [-0.4, -0.2) is 21.1 Å². The van der Waals surface area contributed by atoms with Gasteiger partial charge in [0, 0.05) is 17.0 Å². The van der Waals surface area contributed by atoms with E-state index in [0.29, 0.717) is 10.8 Å². The summed E-state index contributed by atoms with van der Waals surface area (Å²) in [7, 11) is 0. The first-order valence-corrected chi connectivity index (χ1v) is 8.86. The van der Waals surface area contributed by atoms with Gasteiger partial charge in [0.25, 0.3) is 0 Å². The molecule has 0 radical (unpaired) electrons. The Kier molecular flexibility index (Phi) is 5.07. The maximum absolute atomic E-state index is 12.9. The second-order valence-corrected chi connectivity index (χ2v) is 6.68. The molecule has 8 heteroatoms. The number of nitrogens with zero attached hydrogens (tertiary/aromatic N) is 3. The van der Waals surface area contributed by atoms with Crippen LogP contribution >= 0.6 is 22.7 Å². The SMILES string of the molecule is CCc1nnc(NC(=O)C=Cc2csc(-c3ccc(F)cc3)n2)s1. The van der Waals surface area contributed by atoms with E-state index in [-0.39, 0.29) is 11.7 Å². The summed E-state index contributed by atoms with van der Waals surface area (Å²) in [5, 5.41) is 14.5. The zero-order chi connectivity index (χ0) is 16.9. The fraction of sp³-hybridized carbons (Fsp3) is 0.125. The average molecular weight is 360 g/mol. The van der Waals surface area contributed by atoms with Crippen molar-refractivity contribution in [3.8, 4) is 10.6 Å². The summed E-state index contributed by atoms with van der Waals surface area (Å²) in [6.45, 7) is 1.98. The van der Waals surface area contributed by atoms with E-state index in [4.69, 9.17) is 0 Å². The van der Waals surface area contributed by atoms with Crippen LogP contribution < -0.4 is 5.32 Å². The minimum absolute atomic E-state index is 0.282. The van der Waals surface area contributed by atoms with E-state index in [1.165, 1.54) is 40.9 Å². The molecule has 2 heterocycles. The normalized spacial score (nSPS) is 11.1. The Hall–Kier alpha value is -2.45. The standard InChI is InChI=1S/C16H13FN4OS2/c1-2-14-20-21-16(24-14)19-13(22)8-7-12-9-23-15(18-12)10-3-5-11(17)6-4-10/h3-9H,2H2,1H3,(H,19,21,22). The van der Waals surface area contributed by atoms with Crippen LogP contribution in [0, 0.1) is 5.82 Å². The second kappa shape index (κ2) is 7.41. The van der Waals surface area contributed by atoms with Crippen molar-refractivity contribution in [2.75, 3.05) is 5.32 Å². The van der Waals surface area contributed by atoms with E-state index in [1.54, 1.807) is 18.2 Å². The summed E-state index contributed by atoms with van der Waals surface area (Å²) in [6, 6.07) is 6.14. The quantitative estimate of drug-likeness (QED) is 0.698. The third-order valence-corrected chi connectivity index (χ3v) is 4.91. The van der Waals surface area contributed by atoms with E-state index in [1.807, 2.05) is 12.3 Å². The van der Waals surface area contributed by atoms with Crippen molar-refractivity contribution in [1.29, 1.82) is 0 Å². The molecule has 0 atom stereocenters. The van der Waals surface area contributed by atoms with Gasteiger partial charge in [0.1, 0.15) is 15.8 Å². The number of hydrogen-bond acceptors (Lipinski definition) is 6. The van der Waals surface area contributed by atoms with Gasteiger partial charge in [-0.05, 0) is 36.8 Å². The molecule has 2 aromatic heterocycles. The number of aryl methyl sites for hydroxylation is 1. The molecule has 0 saturated carbocycles. The molecule has 0 aliphatic rings. The molecule has 0 bridgehead atoms. The first kappa shape index (κ1) is 16.4. The number of anilines is 1. The highest BCUT2D eigenvalue weighted by molar-refractivity contribution is 7.15. The summed E-state index contributed by atoms with van der Waals surface area (Å²) in [5.74, 6) is -0.569. The zero-order valence-electron chi connectivity index (χ0n) is 12.7. The second-order valence-electron chi connectivity index (χ2n) is 4.76. The van der Waals surface area contributed by atoms with Crippen LogP contribution in [0.2, 0.25) is 0 Å². The van der Waals surface area contributed by atoms with Gasteiger partial charge in [-0.2, -0.15) is 0 Å². The molecule has 0 spiro atoms. The van der Waals surface area contributed by atoms with Crippen molar-refractivity contribution in [1.82, 2.24) is 15.2 Å². The van der Waals surface area contributed by atoms with Gasteiger partial charge in [-0.1, -0.05) is 18.3 Å². The number of halogens is 1. The molecule has 1 amide bonds. The number of rotatable bonds is 5. The predicted molar refractivity (Wildman–Crippen MR) is 94.5 cm³/mol. The largest absolute Gasteiger partial charge is 0.297 e. The van der Waals surface area contributed by atoms with Gasteiger partial charge in [0.05, 0.1) is 5.69 Å². The molecule has 0 aliphatic carbocycles. The summed E-state index contributed by atoms with van der Waals surface area (Å²) in [5.41, 5.74) is 1.51. The molecule has 5 nitrogen and oxygen atoms in total. The van der Waals surface area contributed by atoms with Crippen LogP contribution in [0.5, 0.6) is 0 Å². The van der Waals surface area contributed by atoms with Gasteiger partial charge in [0.15, 0.2) is 0 Å². The smallest absolute Gasteiger partial charge is 0.250 e. The topological polar surface area (TPSA) is 67.8 Å². The van der Waals surface area contributed by atoms with Gasteiger partial charge >= 0.3 is 0 Å². The number of carbonyl (C=O) groups is 1. The fourth-order valence-corrected chi connectivity index (χ4v) is 3.32. The van der Waals surface area contributed by atoms with E-state index in [2.05, 4.69) is 20.5 Å². The number of thiazole rings is 1. The predicted octanol–water partition coefficient (Wildman–Crippen LogP) is 4.02. The number of aromatic nitrogens is 3. The molecular formula is C16H13FN4OS2. The molecule has 122 valence electrons. The van der Waals surface area contributed by atoms with Crippen LogP contribution in [0.1, 0.15) is 17.6 Å². The molecule has 1 N–H and O–H groups in total. The zero-order valence-corrected chi connectivity index (χ0v) is 14.3. The molecule has 0 fully saturated rings. The first-order chi connectivity index (χ1) is 11.6. The molecule has 24 heavy (non-hydrogen) atoms. The van der Waals surface area contributed by atoms with Crippen LogP contribution in [0.25, 0.3) is 16.6 Å². The summed E-state index contributed by atoms with van der Waals surface area (Å²) >= 11 is 2.79. The van der Waals surface area contributed by atoms with Crippen LogP contribution in [0.15, 0.2) is 35.7 Å². The number of hydrogen-bond donors (Lipinski definition) is 1. The molecule has 3 rings (SSSR count). The number of benzene rings is 1. The maximum Gasteiger partial charge on any atom is 0.250 e. The van der Waals surface area contributed by atoms with Crippen LogP contribution in [-0.2, 0) is 11.2 Å². The lowest BCUT2D eigenvalue weighted by atomic mass is 10.2. The minimum atomic E-state index is -0.287. The van der Waals surface area contributed by atoms with Gasteiger partial charge in [-0.3, -0.25) is 10.1 Å². The molecule has 0 unspecified atom stereocenters. The molecule has 0 aliphatic heterocycles. The molecular weight excluding hydrogens is 347 g/mol. The van der Waals surface area contributed by atoms with Crippen molar-refractivity contribution in [3.05, 3.63) is 52.2 Å². The van der Waals surface area contributed by atoms with Gasteiger partial charge in [-0.15, -0.1) is 21.5 Å². The summed E-state index contributed by atoms with van der Waals surface area (Å²) in [4.78, 5) is 16.3.